The summed E-state index contributed by atoms with van der Waals surface area (Å²) in [6, 6.07) is 8.36. The summed E-state index contributed by atoms with van der Waals surface area (Å²) in [4.78, 5) is 5.36. The molecule has 0 radical (unpaired) electrons. The molecule has 0 bridgehead atoms. The molecule has 0 aliphatic carbocycles. The molecule has 0 aliphatic heterocycles. The van der Waals surface area contributed by atoms with E-state index in [9.17, 15) is 0 Å². The lowest BCUT2D eigenvalue weighted by Gasteiger charge is -2.01. The molecule has 1 aromatic carbocycles. The number of nitrogens with two attached hydrogens (primary N) is 1. The molecule has 0 spiro atoms. The number of rotatable bonds is 7. The van der Waals surface area contributed by atoms with Gasteiger partial charge in [0.15, 0.2) is 0 Å². The molecule has 0 fully saturated rings. The van der Waals surface area contributed by atoms with Crippen molar-refractivity contribution in [3.63, 3.8) is 0 Å². The molecule has 0 amide bonds. The molecular weight excluding hydrogens is 288 g/mol. The molecule has 3 N–H and O–H groups in total. The number of nitrogens with zero attached hydrogens (tertiary/aromatic N) is 2. The summed E-state index contributed by atoms with van der Waals surface area (Å²) in [6.45, 7) is 2.21. The van der Waals surface area contributed by atoms with E-state index in [1.54, 1.807) is 11.6 Å². The normalized spacial score (nSPS) is 11.1. The van der Waals surface area contributed by atoms with Crippen LogP contribution in [0, 0.1) is 0 Å². The number of hydrogen-bond acceptors (Lipinski definition) is 6. The fraction of sp³-hybridized carbons (Fsp3) is 0.286. The molecule has 0 saturated heterocycles. The van der Waals surface area contributed by atoms with E-state index in [2.05, 4.69) is 40.6 Å². The van der Waals surface area contributed by atoms with Crippen molar-refractivity contribution >= 4 is 40.3 Å². The van der Waals surface area contributed by atoms with Crippen LogP contribution < -0.4 is 11.2 Å². The molecule has 0 aliphatic rings. The minimum Gasteiger partial charge on any atom is -0.383 e. The highest BCUT2D eigenvalue weighted by atomic mass is 32.2. The van der Waals surface area contributed by atoms with Crippen LogP contribution in [-0.2, 0) is 0 Å². The highest BCUT2D eigenvalue weighted by Gasteiger charge is 1.97. The molecule has 106 valence electrons. The summed E-state index contributed by atoms with van der Waals surface area (Å²) in [6.07, 6.45) is 4.27. The maximum Gasteiger partial charge on any atom is 0.205 e. The maximum atomic E-state index is 5.54. The van der Waals surface area contributed by atoms with Gasteiger partial charge in [-0.25, -0.2) is 4.98 Å². The second-order valence-corrected chi connectivity index (χ2v) is 6.25. The minimum absolute atomic E-state index is 0.516. The molecule has 1 heterocycles. The summed E-state index contributed by atoms with van der Waals surface area (Å²) in [5.41, 5.74) is 9.49. The highest BCUT2D eigenvalue weighted by Crippen LogP contribution is 2.20. The smallest absolute Gasteiger partial charge is 0.205 e. The molecule has 2 rings (SSSR count). The predicted octanol–water partition coefficient (Wildman–Crippen LogP) is 4.06. The van der Waals surface area contributed by atoms with E-state index < -0.39 is 0 Å². The molecule has 0 atom stereocenters. The Morgan fingerprint density at radius 2 is 2.40 bits per heavy atom. The Balaban J connectivity index is 1.90. The Hall–Kier alpha value is -1.53. The number of benzene rings is 1. The zero-order valence-corrected chi connectivity index (χ0v) is 13.0. The van der Waals surface area contributed by atoms with Gasteiger partial charge in [-0.05, 0) is 29.9 Å². The van der Waals surface area contributed by atoms with Crippen LogP contribution in [0.3, 0.4) is 0 Å². The quantitative estimate of drug-likeness (QED) is 0.350. The third kappa shape index (κ3) is 4.86. The van der Waals surface area contributed by atoms with Gasteiger partial charge in [-0.1, -0.05) is 25.5 Å². The molecule has 0 unspecified atom stereocenters. The number of thiazole rings is 1. The number of hydrogen-bond donors (Lipinski definition) is 2. The molecule has 6 heteroatoms. The first-order valence-corrected chi connectivity index (χ1v) is 8.37. The SMILES string of the molecule is CCCCSc1cccc(C=NNc2nc(N)cs2)c1. The molecule has 1 aromatic heterocycles. The van der Waals surface area contributed by atoms with Crippen molar-refractivity contribution in [1.29, 1.82) is 0 Å². The Labute approximate surface area is 127 Å². The van der Waals surface area contributed by atoms with Gasteiger partial charge in [0.25, 0.3) is 0 Å². The first kappa shape index (κ1) is 14.9. The third-order valence-electron chi connectivity index (χ3n) is 2.52. The first-order valence-electron chi connectivity index (χ1n) is 6.51. The summed E-state index contributed by atoms with van der Waals surface area (Å²) < 4.78 is 0. The number of anilines is 2. The van der Waals surface area contributed by atoms with Crippen molar-refractivity contribution in [1.82, 2.24) is 4.98 Å². The summed E-state index contributed by atoms with van der Waals surface area (Å²) in [5.74, 6) is 1.68. The van der Waals surface area contributed by atoms with Crippen LogP contribution in [0.2, 0.25) is 0 Å². The fourth-order valence-corrected chi connectivity index (χ4v) is 3.13. The van der Waals surface area contributed by atoms with Crippen LogP contribution in [0.4, 0.5) is 10.9 Å². The molecule has 2 aromatic rings. The Morgan fingerprint density at radius 1 is 1.50 bits per heavy atom. The van der Waals surface area contributed by atoms with Crippen molar-refractivity contribution in [2.24, 2.45) is 5.10 Å². The minimum atomic E-state index is 0.516. The monoisotopic (exact) mass is 306 g/mol. The summed E-state index contributed by atoms with van der Waals surface area (Å²) in [7, 11) is 0. The number of unbranched alkanes of at least 4 members (excludes halogenated alkanes) is 1. The number of nitrogen functional groups attached to an aromatic ring is 1. The van der Waals surface area contributed by atoms with Gasteiger partial charge in [0.05, 0.1) is 6.21 Å². The highest BCUT2D eigenvalue weighted by molar-refractivity contribution is 7.99. The average molecular weight is 306 g/mol. The number of nitrogens with one attached hydrogen (secondary N) is 1. The largest absolute Gasteiger partial charge is 0.383 e. The number of hydrazone groups is 1. The van der Waals surface area contributed by atoms with Crippen molar-refractivity contribution in [3.8, 4) is 0 Å². The van der Waals surface area contributed by atoms with Gasteiger partial charge in [0.1, 0.15) is 5.82 Å². The van der Waals surface area contributed by atoms with E-state index >= 15 is 0 Å². The van der Waals surface area contributed by atoms with Crippen LogP contribution >= 0.6 is 23.1 Å². The van der Waals surface area contributed by atoms with Gasteiger partial charge in [-0.3, -0.25) is 5.43 Å². The third-order valence-corrected chi connectivity index (χ3v) is 4.37. The Kier molecular flexibility index (Phi) is 5.88. The Morgan fingerprint density at radius 3 is 3.15 bits per heavy atom. The van der Waals surface area contributed by atoms with E-state index in [0.717, 1.165) is 11.3 Å². The molecule has 20 heavy (non-hydrogen) atoms. The predicted molar refractivity (Wildman–Crippen MR) is 89.8 cm³/mol. The molecule has 0 saturated carbocycles. The maximum absolute atomic E-state index is 5.54. The van der Waals surface area contributed by atoms with Crippen molar-refractivity contribution < 1.29 is 0 Å². The first-order chi connectivity index (χ1) is 9.78. The lowest BCUT2D eigenvalue weighted by atomic mass is 10.2. The van der Waals surface area contributed by atoms with Gasteiger partial charge in [-0.15, -0.1) is 23.1 Å². The lowest BCUT2D eigenvalue weighted by Crippen LogP contribution is -1.91. The number of thioether (sulfide) groups is 1. The van der Waals surface area contributed by atoms with Gasteiger partial charge < -0.3 is 5.73 Å². The van der Waals surface area contributed by atoms with E-state index in [0.29, 0.717) is 10.9 Å². The van der Waals surface area contributed by atoms with E-state index in [1.165, 1.54) is 29.1 Å². The second-order valence-electron chi connectivity index (χ2n) is 4.22. The van der Waals surface area contributed by atoms with Crippen LogP contribution in [0.15, 0.2) is 39.6 Å². The van der Waals surface area contributed by atoms with E-state index in [1.807, 2.05) is 17.8 Å². The fourth-order valence-electron chi connectivity index (χ4n) is 1.52. The topological polar surface area (TPSA) is 63.3 Å². The van der Waals surface area contributed by atoms with Crippen LogP contribution in [0.25, 0.3) is 0 Å². The van der Waals surface area contributed by atoms with Crippen molar-refractivity contribution in [2.75, 3.05) is 16.9 Å². The van der Waals surface area contributed by atoms with Crippen molar-refractivity contribution in [3.05, 3.63) is 35.2 Å². The van der Waals surface area contributed by atoms with Crippen LogP contribution in [0.1, 0.15) is 25.3 Å². The van der Waals surface area contributed by atoms with Crippen molar-refractivity contribution in [2.45, 2.75) is 24.7 Å². The number of aromatic nitrogens is 1. The van der Waals surface area contributed by atoms with Gasteiger partial charge in [0, 0.05) is 10.3 Å². The average Bonchev–Trinajstić information content (AvgIpc) is 2.85. The zero-order valence-electron chi connectivity index (χ0n) is 11.4. The standard InChI is InChI=1S/C14H18N4S2/c1-2-3-7-19-12-6-4-5-11(8-12)9-16-18-14-17-13(15)10-20-14/h4-6,8-10H,2-3,7,15H2,1H3,(H,17,18). The molecule has 4 nitrogen and oxygen atoms in total. The van der Waals surface area contributed by atoms with E-state index in [-0.39, 0.29) is 0 Å². The van der Waals surface area contributed by atoms with Crippen LogP contribution in [0.5, 0.6) is 0 Å². The van der Waals surface area contributed by atoms with Gasteiger partial charge in [0.2, 0.25) is 5.13 Å². The summed E-state index contributed by atoms with van der Waals surface area (Å²) >= 11 is 3.32. The molecular formula is C14H18N4S2. The summed E-state index contributed by atoms with van der Waals surface area (Å²) in [5, 5.41) is 6.65. The Bertz CT molecular complexity index is 566. The zero-order chi connectivity index (χ0) is 14.2. The second kappa shape index (κ2) is 7.91. The lowest BCUT2D eigenvalue weighted by molar-refractivity contribution is 0.896. The van der Waals surface area contributed by atoms with Gasteiger partial charge in [-0.2, -0.15) is 5.10 Å². The van der Waals surface area contributed by atoms with Crippen LogP contribution in [-0.4, -0.2) is 17.0 Å². The van der Waals surface area contributed by atoms with Gasteiger partial charge >= 0.3 is 0 Å². The van der Waals surface area contributed by atoms with E-state index in [4.69, 9.17) is 5.73 Å².